The number of ether oxygens (including phenoxy) is 1. The fraction of sp³-hybridized carbons (Fsp3) is 0.259. The molecule has 0 aliphatic carbocycles. The third kappa shape index (κ3) is 6.91. The minimum Gasteiger partial charge on any atom is -0.484 e. The zero-order valence-electron chi connectivity index (χ0n) is 19.1. The highest BCUT2D eigenvalue weighted by Gasteiger charge is 2.14. The van der Waals surface area contributed by atoms with Crippen LogP contribution < -0.4 is 10.1 Å². The van der Waals surface area contributed by atoms with E-state index in [1.807, 2.05) is 36.4 Å². The summed E-state index contributed by atoms with van der Waals surface area (Å²) in [6.45, 7) is 1.16. The maximum Gasteiger partial charge on any atom is 0.257 e. The van der Waals surface area contributed by atoms with Crippen LogP contribution in [0.3, 0.4) is 0 Å². The number of carbonyl (C=O) groups is 1. The molecule has 0 spiro atoms. The molecule has 1 heterocycles. The minimum atomic E-state index is -0.140. The summed E-state index contributed by atoms with van der Waals surface area (Å²) >= 11 is 18.7. The number of nitrogens with zero attached hydrogens (tertiary/aromatic N) is 2. The number of halogens is 3. The molecule has 0 aliphatic heterocycles. The molecule has 35 heavy (non-hydrogen) atoms. The van der Waals surface area contributed by atoms with Crippen LogP contribution in [0.2, 0.25) is 15.1 Å². The van der Waals surface area contributed by atoms with E-state index in [1.54, 1.807) is 24.3 Å². The Kier molecular flexibility index (Phi) is 8.91. The Morgan fingerprint density at radius 2 is 1.63 bits per heavy atom. The zero-order valence-corrected chi connectivity index (χ0v) is 21.4. The SMILES string of the molecule is O=C(COc1ccc(Cl)cc1)NCCCCCc1nc2ccccc2n1Cc1c(Cl)cccc1Cl. The molecule has 0 radical (unpaired) electrons. The van der Waals surface area contributed by atoms with Gasteiger partial charge in [-0.2, -0.15) is 0 Å². The molecule has 0 unspecified atom stereocenters. The van der Waals surface area contributed by atoms with Crippen molar-refractivity contribution >= 4 is 51.7 Å². The molecule has 0 aliphatic rings. The first-order valence-corrected chi connectivity index (χ1v) is 12.7. The molecule has 8 heteroatoms. The second kappa shape index (κ2) is 12.3. The molecule has 4 aromatic rings. The van der Waals surface area contributed by atoms with Crippen LogP contribution in [0.5, 0.6) is 5.75 Å². The summed E-state index contributed by atoms with van der Waals surface area (Å²) in [5.74, 6) is 1.48. The van der Waals surface area contributed by atoms with Gasteiger partial charge in [-0.15, -0.1) is 0 Å². The Morgan fingerprint density at radius 1 is 0.886 bits per heavy atom. The van der Waals surface area contributed by atoms with E-state index in [0.717, 1.165) is 48.1 Å². The highest BCUT2D eigenvalue weighted by atomic mass is 35.5. The number of para-hydroxylation sites is 2. The average Bonchev–Trinajstić information content (AvgIpc) is 3.20. The number of rotatable bonds is 11. The number of aryl methyl sites for hydroxylation is 1. The minimum absolute atomic E-state index is 0.0176. The first kappa shape index (κ1) is 25.4. The standard InChI is InChI=1S/C27H26Cl3N3O2/c28-19-12-14-20(15-13-19)35-18-27(34)31-16-5-1-2-11-26-32-24-9-3-4-10-25(24)33(26)17-21-22(29)7-6-8-23(21)30/h3-4,6-10,12-15H,1-2,5,11,16-18H2,(H,31,34). The number of imidazole rings is 1. The predicted octanol–water partition coefficient (Wildman–Crippen LogP) is 6.95. The lowest BCUT2D eigenvalue weighted by Crippen LogP contribution is -2.29. The van der Waals surface area contributed by atoms with Crippen molar-refractivity contribution in [3.63, 3.8) is 0 Å². The lowest BCUT2D eigenvalue weighted by Gasteiger charge is -2.12. The summed E-state index contributed by atoms with van der Waals surface area (Å²) in [7, 11) is 0. The lowest BCUT2D eigenvalue weighted by atomic mass is 10.1. The van der Waals surface area contributed by atoms with E-state index in [1.165, 1.54) is 0 Å². The highest BCUT2D eigenvalue weighted by Crippen LogP contribution is 2.28. The third-order valence-corrected chi connectivity index (χ3v) is 6.65. The topological polar surface area (TPSA) is 56.1 Å². The number of carbonyl (C=O) groups excluding carboxylic acids is 1. The first-order chi connectivity index (χ1) is 17.0. The normalized spacial score (nSPS) is 11.1. The zero-order chi connectivity index (χ0) is 24.6. The van der Waals surface area contributed by atoms with Gasteiger partial charge in [0.25, 0.3) is 5.91 Å². The molecule has 0 fully saturated rings. The second-order valence-corrected chi connectivity index (χ2v) is 9.46. The monoisotopic (exact) mass is 529 g/mol. The van der Waals surface area contributed by atoms with E-state index in [2.05, 4.69) is 16.0 Å². The van der Waals surface area contributed by atoms with Crippen LogP contribution in [0.1, 0.15) is 30.7 Å². The van der Waals surface area contributed by atoms with E-state index in [0.29, 0.717) is 33.9 Å². The van der Waals surface area contributed by atoms with Crippen LogP contribution in [-0.2, 0) is 17.8 Å². The molecule has 5 nitrogen and oxygen atoms in total. The van der Waals surface area contributed by atoms with Gasteiger partial charge in [0.15, 0.2) is 6.61 Å². The van der Waals surface area contributed by atoms with Crippen molar-refractivity contribution in [1.29, 1.82) is 0 Å². The van der Waals surface area contributed by atoms with Gasteiger partial charge in [0.05, 0.1) is 17.6 Å². The van der Waals surface area contributed by atoms with Crippen LogP contribution in [0.25, 0.3) is 11.0 Å². The van der Waals surface area contributed by atoms with Gasteiger partial charge in [0.1, 0.15) is 11.6 Å². The Morgan fingerprint density at radius 3 is 2.40 bits per heavy atom. The Hall–Kier alpha value is -2.73. The first-order valence-electron chi connectivity index (χ1n) is 11.5. The van der Waals surface area contributed by atoms with Crippen LogP contribution >= 0.6 is 34.8 Å². The molecule has 0 saturated carbocycles. The van der Waals surface area contributed by atoms with Gasteiger partial charge in [0.2, 0.25) is 0 Å². The van der Waals surface area contributed by atoms with Crippen molar-refractivity contribution in [2.24, 2.45) is 0 Å². The van der Waals surface area contributed by atoms with Gasteiger partial charge in [-0.25, -0.2) is 4.98 Å². The summed E-state index contributed by atoms with van der Waals surface area (Å²) in [6.07, 6.45) is 3.62. The molecule has 1 amide bonds. The summed E-state index contributed by atoms with van der Waals surface area (Å²) in [5, 5.41) is 4.83. The van der Waals surface area contributed by atoms with Crippen LogP contribution in [0.15, 0.2) is 66.7 Å². The number of benzene rings is 3. The largest absolute Gasteiger partial charge is 0.484 e. The van der Waals surface area contributed by atoms with Gasteiger partial charge in [-0.1, -0.05) is 59.4 Å². The number of hydrogen-bond acceptors (Lipinski definition) is 3. The van der Waals surface area contributed by atoms with Gasteiger partial charge in [-0.05, 0) is 61.4 Å². The van der Waals surface area contributed by atoms with E-state index >= 15 is 0 Å². The Balaban J connectivity index is 1.26. The van der Waals surface area contributed by atoms with E-state index < -0.39 is 0 Å². The summed E-state index contributed by atoms with van der Waals surface area (Å²) in [6, 6.07) is 20.6. The molecular weight excluding hydrogens is 505 g/mol. The Labute approximate surface area is 220 Å². The van der Waals surface area contributed by atoms with Crippen LogP contribution in [-0.4, -0.2) is 28.6 Å². The molecule has 1 aromatic heterocycles. The van der Waals surface area contributed by atoms with Gasteiger partial charge < -0.3 is 14.6 Å². The number of aromatic nitrogens is 2. The molecule has 0 bridgehead atoms. The third-order valence-electron chi connectivity index (χ3n) is 5.69. The smallest absolute Gasteiger partial charge is 0.257 e. The van der Waals surface area contributed by atoms with E-state index in [4.69, 9.17) is 44.5 Å². The van der Waals surface area contributed by atoms with Crippen LogP contribution in [0.4, 0.5) is 0 Å². The average molecular weight is 531 g/mol. The number of unbranched alkanes of at least 4 members (excludes halogenated alkanes) is 2. The van der Waals surface area contributed by atoms with Gasteiger partial charge in [0, 0.05) is 33.6 Å². The van der Waals surface area contributed by atoms with Crippen molar-refractivity contribution in [1.82, 2.24) is 14.9 Å². The fourth-order valence-corrected chi connectivity index (χ4v) is 4.52. The van der Waals surface area contributed by atoms with E-state index in [9.17, 15) is 4.79 Å². The van der Waals surface area contributed by atoms with E-state index in [-0.39, 0.29) is 12.5 Å². The molecule has 3 aromatic carbocycles. The molecule has 4 rings (SSSR count). The van der Waals surface area contributed by atoms with Crippen molar-refractivity contribution in [2.45, 2.75) is 32.2 Å². The van der Waals surface area contributed by atoms with Crippen molar-refractivity contribution < 1.29 is 9.53 Å². The fourth-order valence-electron chi connectivity index (χ4n) is 3.88. The molecule has 1 N–H and O–H groups in total. The molecule has 0 atom stereocenters. The number of nitrogens with one attached hydrogen (secondary N) is 1. The summed E-state index contributed by atoms with van der Waals surface area (Å²) < 4.78 is 7.66. The number of amides is 1. The number of fused-ring (bicyclic) bond motifs is 1. The molecule has 182 valence electrons. The maximum absolute atomic E-state index is 12.0. The molecule has 0 saturated heterocycles. The predicted molar refractivity (Wildman–Crippen MR) is 143 cm³/mol. The lowest BCUT2D eigenvalue weighted by molar-refractivity contribution is -0.123. The summed E-state index contributed by atoms with van der Waals surface area (Å²) in [5.41, 5.74) is 2.91. The summed E-state index contributed by atoms with van der Waals surface area (Å²) in [4.78, 5) is 16.9. The highest BCUT2D eigenvalue weighted by molar-refractivity contribution is 6.36. The van der Waals surface area contributed by atoms with Crippen LogP contribution in [0, 0.1) is 0 Å². The quantitative estimate of drug-likeness (QED) is 0.213. The van der Waals surface area contributed by atoms with Gasteiger partial charge >= 0.3 is 0 Å². The number of hydrogen-bond donors (Lipinski definition) is 1. The van der Waals surface area contributed by atoms with Crippen molar-refractivity contribution in [3.05, 3.63) is 93.2 Å². The van der Waals surface area contributed by atoms with Gasteiger partial charge in [-0.3, -0.25) is 4.79 Å². The van der Waals surface area contributed by atoms with Crippen molar-refractivity contribution in [3.8, 4) is 5.75 Å². The molecular formula is C27H26Cl3N3O2. The maximum atomic E-state index is 12.0. The second-order valence-electron chi connectivity index (χ2n) is 8.21. The Bertz CT molecular complexity index is 1270. The van der Waals surface area contributed by atoms with Crippen molar-refractivity contribution in [2.75, 3.05) is 13.2 Å².